The van der Waals surface area contributed by atoms with Gasteiger partial charge in [0.2, 0.25) is 5.91 Å². The molecule has 0 radical (unpaired) electrons. The molecule has 0 saturated carbocycles. The second-order valence-electron chi connectivity index (χ2n) is 4.43. The minimum atomic E-state index is -1.09. The van der Waals surface area contributed by atoms with Crippen molar-refractivity contribution in [3.05, 3.63) is 24.2 Å². The van der Waals surface area contributed by atoms with E-state index in [1.165, 1.54) is 12.3 Å². The zero-order chi connectivity index (χ0) is 15.1. The molecular formula is C13H18N2O5. The van der Waals surface area contributed by atoms with Crippen molar-refractivity contribution in [1.82, 2.24) is 10.6 Å². The molecule has 0 fully saturated rings. The smallest absolute Gasteiger partial charge is 0.326 e. The fraction of sp³-hybridized carbons (Fsp3) is 0.462. The molecule has 0 aliphatic heterocycles. The summed E-state index contributed by atoms with van der Waals surface area (Å²) in [4.78, 5) is 34.2. The number of hydrogen-bond donors (Lipinski definition) is 3. The average molecular weight is 282 g/mol. The summed E-state index contributed by atoms with van der Waals surface area (Å²) in [7, 11) is 0. The van der Waals surface area contributed by atoms with Crippen LogP contribution in [0.5, 0.6) is 0 Å². The lowest BCUT2D eigenvalue weighted by Crippen LogP contribution is -2.48. The Kier molecular flexibility index (Phi) is 5.76. The molecule has 1 aromatic heterocycles. The van der Waals surface area contributed by atoms with E-state index in [1.807, 2.05) is 6.92 Å². The van der Waals surface area contributed by atoms with Crippen LogP contribution in [0.25, 0.3) is 0 Å². The first kappa shape index (κ1) is 15.7. The SMILES string of the molecule is CCC(C)[C@H](NC(=O)CNC(=O)c1ccco1)C(=O)O. The van der Waals surface area contributed by atoms with Crippen LogP contribution in [-0.2, 0) is 9.59 Å². The third kappa shape index (κ3) is 4.42. The van der Waals surface area contributed by atoms with E-state index in [0.29, 0.717) is 6.42 Å². The van der Waals surface area contributed by atoms with Crippen molar-refractivity contribution in [2.24, 2.45) is 5.92 Å². The van der Waals surface area contributed by atoms with Crippen molar-refractivity contribution >= 4 is 17.8 Å². The fourth-order valence-corrected chi connectivity index (χ4v) is 1.56. The van der Waals surface area contributed by atoms with Crippen molar-refractivity contribution in [3.8, 4) is 0 Å². The maximum absolute atomic E-state index is 11.6. The molecule has 7 heteroatoms. The molecule has 7 nitrogen and oxygen atoms in total. The van der Waals surface area contributed by atoms with Gasteiger partial charge in [-0.1, -0.05) is 20.3 Å². The monoisotopic (exact) mass is 282 g/mol. The molecule has 0 aliphatic carbocycles. The third-order valence-electron chi connectivity index (χ3n) is 2.95. The molecule has 0 spiro atoms. The van der Waals surface area contributed by atoms with Crippen molar-refractivity contribution in [1.29, 1.82) is 0 Å². The highest BCUT2D eigenvalue weighted by Crippen LogP contribution is 2.07. The number of carbonyl (C=O) groups excluding carboxylic acids is 2. The van der Waals surface area contributed by atoms with Gasteiger partial charge in [0, 0.05) is 0 Å². The zero-order valence-electron chi connectivity index (χ0n) is 11.4. The Hall–Kier alpha value is -2.31. The van der Waals surface area contributed by atoms with Gasteiger partial charge in [-0.3, -0.25) is 9.59 Å². The summed E-state index contributed by atoms with van der Waals surface area (Å²) in [6.45, 7) is 3.27. The first-order chi connectivity index (χ1) is 9.45. The van der Waals surface area contributed by atoms with Crippen molar-refractivity contribution in [2.75, 3.05) is 6.54 Å². The Morgan fingerprint density at radius 1 is 1.40 bits per heavy atom. The van der Waals surface area contributed by atoms with Gasteiger partial charge < -0.3 is 20.2 Å². The molecule has 1 rings (SSSR count). The Labute approximate surface area is 116 Å². The summed E-state index contributed by atoms with van der Waals surface area (Å²) >= 11 is 0. The Morgan fingerprint density at radius 3 is 2.60 bits per heavy atom. The molecule has 1 heterocycles. The highest BCUT2D eigenvalue weighted by Gasteiger charge is 2.25. The highest BCUT2D eigenvalue weighted by atomic mass is 16.4. The van der Waals surface area contributed by atoms with Crippen LogP contribution in [0.2, 0.25) is 0 Å². The minimum Gasteiger partial charge on any atom is -0.480 e. The topological polar surface area (TPSA) is 109 Å². The number of rotatable bonds is 7. The number of amides is 2. The van der Waals surface area contributed by atoms with Gasteiger partial charge >= 0.3 is 5.97 Å². The Bertz CT molecular complexity index is 469. The molecule has 0 bridgehead atoms. The average Bonchev–Trinajstić information content (AvgIpc) is 2.95. The van der Waals surface area contributed by atoms with Gasteiger partial charge in [-0.15, -0.1) is 0 Å². The molecule has 0 saturated heterocycles. The van der Waals surface area contributed by atoms with Gasteiger partial charge in [0.1, 0.15) is 6.04 Å². The highest BCUT2D eigenvalue weighted by molar-refractivity contribution is 5.94. The fourth-order valence-electron chi connectivity index (χ4n) is 1.56. The van der Waals surface area contributed by atoms with Crippen LogP contribution in [0.1, 0.15) is 30.8 Å². The molecule has 20 heavy (non-hydrogen) atoms. The van der Waals surface area contributed by atoms with E-state index in [9.17, 15) is 14.4 Å². The molecule has 1 aromatic rings. The number of aliphatic carboxylic acids is 1. The summed E-state index contributed by atoms with van der Waals surface area (Å²) in [5.41, 5.74) is 0. The third-order valence-corrected chi connectivity index (χ3v) is 2.95. The van der Waals surface area contributed by atoms with Gasteiger partial charge in [-0.05, 0) is 18.1 Å². The lowest BCUT2D eigenvalue weighted by molar-refractivity contribution is -0.143. The predicted molar refractivity (Wildman–Crippen MR) is 70.1 cm³/mol. The van der Waals surface area contributed by atoms with Crippen LogP contribution in [0.4, 0.5) is 0 Å². The molecule has 110 valence electrons. The second kappa shape index (κ2) is 7.32. The molecule has 2 amide bonds. The van der Waals surface area contributed by atoms with Crippen LogP contribution in [-0.4, -0.2) is 35.5 Å². The maximum Gasteiger partial charge on any atom is 0.326 e. The van der Waals surface area contributed by atoms with Crippen LogP contribution < -0.4 is 10.6 Å². The van der Waals surface area contributed by atoms with E-state index in [2.05, 4.69) is 10.6 Å². The first-order valence-electron chi connectivity index (χ1n) is 6.29. The Morgan fingerprint density at radius 2 is 2.10 bits per heavy atom. The minimum absolute atomic E-state index is 0.0921. The summed E-state index contributed by atoms with van der Waals surface area (Å²) in [5, 5.41) is 13.8. The normalized spacial score (nSPS) is 13.3. The predicted octanol–water partition coefficient (Wildman–Crippen LogP) is 0.625. The molecule has 0 aromatic carbocycles. The van der Waals surface area contributed by atoms with Crippen molar-refractivity contribution in [2.45, 2.75) is 26.3 Å². The molecular weight excluding hydrogens is 264 g/mol. The number of carbonyl (C=O) groups is 3. The largest absolute Gasteiger partial charge is 0.480 e. The number of nitrogens with one attached hydrogen (secondary N) is 2. The van der Waals surface area contributed by atoms with E-state index in [1.54, 1.807) is 13.0 Å². The Balaban J connectivity index is 2.46. The van der Waals surface area contributed by atoms with Gasteiger partial charge in [-0.25, -0.2) is 4.79 Å². The summed E-state index contributed by atoms with van der Waals surface area (Å²) in [6, 6.07) is 2.05. The number of carboxylic acid groups (broad SMARTS) is 1. The summed E-state index contributed by atoms with van der Waals surface area (Å²) in [6.07, 6.45) is 1.97. The number of furan rings is 1. The maximum atomic E-state index is 11.6. The molecule has 2 atom stereocenters. The van der Waals surface area contributed by atoms with Gasteiger partial charge in [0.05, 0.1) is 12.8 Å². The van der Waals surface area contributed by atoms with E-state index >= 15 is 0 Å². The van der Waals surface area contributed by atoms with Crippen molar-refractivity contribution < 1.29 is 23.9 Å². The van der Waals surface area contributed by atoms with Gasteiger partial charge in [0.25, 0.3) is 5.91 Å². The standard InChI is InChI=1S/C13H18N2O5/c1-3-8(2)11(13(18)19)15-10(16)7-14-12(17)9-5-4-6-20-9/h4-6,8,11H,3,7H2,1-2H3,(H,14,17)(H,15,16)(H,18,19)/t8?,11-/m0/s1. The summed E-state index contributed by atoms with van der Waals surface area (Å²) < 4.78 is 4.86. The molecule has 0 aliphatic rings. The van der Waals surface area contributed by atoms with E-state index < -0.39 is 23.8 Å². The molecule has 3 N–H and O–H groups in total. The van der Waals surface area contributed by atoms with Crippen LogP contribution >= 0.6 is 0 Å². The lowest BCUT2D eigenvalue weighted by Gasteiger charge is -2.20. The lowest BCUT2D eigenvalue weighted by atomic mass is 9.99. The number of hydrogen-bond acceptors (Lipinski definition) is 4. The zero-order valence-corrected chi connectivity index (χ0v) is 11.4. The van der Waals surface area contributed by atoms with E-state index in [4.69, 9.17) is 9.52 Å². The van der Waals surface area contributed by atoms with Crippen LogP contribution in [0.15, 0.2) is 22.8 Å². The van der Waals surface area contributed by atoms with Crippen LogP contribution in [0, 0.1) is 5.92 Å². The summed E-state index contributed by atoms with van der Waals surface area (Å²) in [5.74, 6) is -2.28. The molecule has 1 unspecified atom stereocenters. The quantitative estimate of drug-likeness (QED) is 0.679. The van der Waals surface area contributed by atoms with E-state index in [0.717, 1.165) is 0 Å². The van der Waals surface area contributed by atoms with E-state index in [-0.39, 0.29) is 18.2 Å². The second-order valence-corrected chi connectivity index (χ2v) is 4.43. The number of carboxylic acids is 1. The van der Waals surface area contributed by atoms with Gasteiger partial charge in [-0.2, -0.15) is 0 Å². The van der Waals surface area contributed by atoms with Gasteiger partial charge in [0.15, 0.2) is 5.76 Å². The first-order valence-corrected chi connectivity index (χ1v) is 6.29. The van der Waals surface area contributed by atoms with Crippen molar-refractivity contribution in [3.63, 3.8) is 0 Å². The van der Waals surface area contributed by atoms with Crippen LogP contribution in [0.3, 0.4) is 0 Å².